The predicted molar refractivity (Wildman–Crippen MR) is 179 cm³/mol. The van der Waals surface area contributed by atoms with Crippen molar-refractivity contribution in [2.45, 2.75) is 0 Å². The lowest BCUT2D eigenvalue weighted by molar-refractivity contribution is 1.10. The fourth-order valence-electron chi connectivity index (χ4n) is 3.52. The number of hydrogen-bond acceptors (Lipinski definition) is 14. The van der Waals surface area contributed by atoms with Crippen LogP contribution in [0.1, 0.15) is 17.1 Å². The van der Waals surface area contributed by atoms with Gasteiger partial charge in [0.15, 0.2) is 5.65 Å². The standard InChI is InChI=1S/C16H10N8.4C4H4N2/c1-2-11-6-13-8-17-15(20-13)22-16-21-14(23-24-16)7-12-4-3-10(19-12)5-9(1)18-11;4*1-2-6-4-3-5-1/h1-8,18H,(H,17,20,21,22,23,24);4*1-4H. The SMILES string of the molecule is C1=Cc2cc3nnc(nc4nc(cc5ccc(cc1n2)[nH]5)C=N4)[nH]3.c1cnccn1.c1cnccn1.c1cnccn1.c1cnccn1. The average Bonchev–Trinajstić information content (AvgIpc) is 4.00. The van der Waals surface area contributed by atoms with Gasteiger partial charge in [0.2, 0.25) is 0 Å². The molecule has 0 unspecified atom stereocenters. The predicted octanol–water partition coefficient (Wildman–Crippen LogP) is 4.33. The van der Waals surface area contributed by atoms with Gasteiger partial charge in [-0.1, -0.05) is 0 Å². The summed E-state index contributed by atoms with van der Waals surface area (Å²) < 4.78 is 0. The summed E-state index contributed by atoms with van der Waals surface area (Å²) in [5, 5.41) is 8.02. The largest absolute Gasteiger partial charge is 0.355 e. The van der Waals surface area contributed by atoms with Crippen molar-refractivity contribution in [2.24, 2.45) is 4.99 Å². The Labute approximate surface area is 273 Å². The summed E-state index contributed by atoms with van der Waals surface area (Å²) in [7, 11) is 0. The van der Waals surface area contributed by atoms with Crippen LogP contribution < -0.4 is 0 Å². The second kappa shape index (κ2) is 18.4. The number of hydrogen-bond donors (Lipinski definition) is 2. The maximum atomic E-state index is 4.53. The zero-order chi connectivity index (χ0) is 32.9. The van der Waals surface area contributed by atoms with E-state index in [1.54, 1.807) is 111 Å². The van der Waals surface area contributed by atoms with Gasteiger partial charge >= 0.3 is 0 Å². The minimum absolute atomic E-state index is 0.336. The Morgan fingerprint density at radius 1 is 0.396 bits per heavy atom. The molecule has 0 amide bonds. The number of aliphatic imine (C=N–C) groups is 1. The van der Waals surface area contributed by atoms with Crippen LogP contribution in [0.3, 0.4) is 0 Å². The number of aromatic amines is 2. The van der Waals surface area contributed by atoms with Crippen LogP contribution in [0.5, 0.6) is 0 Å². The van der Waals surface area contributed by atoms with Gasteiger partial charge in [0.25, 0.3) is 11.7 Å². The highest BCUT2D eigenvalue weighted by molar-refractivity contribution is 5.83. The molecule has 0 spiro atoms. The fraction of sp³-hybridized carbons (Fsp3) is 0. The van der Waals surface area contributed by atoms with Gasteiger partial charge in [0, 0.05) is 116 Å². The molecule has 7 aromatic rings. The van der Waals surface area contributed by atoms with Gasteiger partial charge in [-0.05, 0) is 36.4 Å². The minimum atomic E-state index is 0.336. The van der Waals surface area contributed by atoms with Crippen LogP contribution in [0.15, 0.2) is 134 Å². The molecule has 0 aliphatic carbocycles. The Morgan fingerprint density at radius 2 is 0.833 bits per heavy atom. The van der Waals surface area contributed by atoms with Crippen molar-refractivity contribution in [1.82, 2.24) is 75.0 Å². The molecule has 7 aromatic heterocycles. The van der Waals surface area contributed by atoms with Crippen molar-refractivity contribution >= 4 is 46.8 Å². The van der Waals surface area contributed by atoms with E-state index in [-0.39, 0.29) is 0 Å². The zero-order valence-corrected chi connectivity index (χ0v) is 25.1. The molecular formula is C32H26N16. The molecule has 2 N–H and O–H groups in total. The second-order valence-corrected chi connectivity index (χ2v) is 8.92. The van der Waals surface area contributed by atoms with E-state index < -0.39 is 0 Å². The van der Waals surface area contributed by atoms with E-state index in [2.05, 4.69) is 80.0 Å². The maximum Gasteiger partial charge on any atom is 0.253 e. The Morgan fingerprint density at radius 3 is 1.29 bits per heavy atom. The molecule has 8 bridgehead atoms. The molecule has 0 saturated heterocycles. The van der Waals surface area contributed by atoms with E-state index in [1.165, 1.54) is 0 Å². The highest BCUT2D eigenvalue weighted by atomic mass is 15.3. The topological polar surface area (TPSA) is 212 Å². The Bertz CT molecular complexity index is 1730. The summed E-state index contributed by atoms with van der Waals surface area (Å²) in [5.41, 5.74) is 4.84. The third kappa shape index (κ3) is 11.6. The van der Waals surface area contributed by atoms with Crippen molar-refractivity contribution in [1.29, 1.82) is 0 Å². The van der Waals surface area contributed by atoms with Crippen LogP contribution in [-0.4, -0.2) is 81.2 Å². The Hall–Kier alpha value is -7.36. The van der Waals surface area contributed by atoms with Gasteiger partial charge in [0.1, 0.15) is 0 Å². The molecule has 234 valence electrons. The van der Waals surface area contributed by atoms with Crippen LogP contribution in [0, 0.1) is 0 Å². The first-order valence-electron chi connectivity index (χ1n) is 14.1. The summed E-state index contributed by atoms with van der Waals surface area (Å²) in [4.78, 5) is 53.4. The first-order valence-corrected chi connectivity index (χ1v) is 14.1. The molecule has 0 saturated carbocycles. The monoisotopic (exact) mass is 634 g/mol. The lowest BCUT2D eigenvalue weighted by Crippen LogP contribution is -1.77. The zero-order valence-electron chi connectivity index (χ0n) is 25.1. The molecule has 16 heteroatoms. The lowest BCUT2D eigenvalue weighted by Gasteiger charge is -1.83. The Kier molecular flexibility index (Phi) is 12.3. The number of fused-ring (bicyclic) bond motifs is 8. The molecule has 2 aliphatic rings. The first-order chi connectivity index (χ1) is 23.8. The molecule has 48 heavy (non-hydrogen) atoms. The van der Waals surface area contributed by atoms with Crippen molar-refractivity contribution in [2.75, 3.05) is 0 Å². The summed E-state index contributed by atoms with van der Waals surface area (Å²) in [6.45, 7) is 0. The van der Waals surface area contributed by atoms with Crippen LogP contribution in [-0.2, 0) is 0 Å². The van der Waals surface area contributed by atoms with Crippen molar-refractivity contribution in [3.8, 4) is 0 Å². The molecule has 9 rings (SSSR count). The smallest absolute Gasteiger partial charge is 0.253 e. The van der Waals surface area contributed by atoms with Gasteiger partial charge in [-0.15, -0.1) is 10.2 Å². The van der Waals surface area contributed by atoms with Gasteiger partial charge in [-0.3, -0.25) is 39.9 Å². The van der Waals surface area contributed by atoms with Gasteiger partial charge < -0.3 is 9.97 Å². The molecule has 2 aliphatic heterocycles. The maximum absolute atomic E-state index is 4.53. The molecule has 9 heterocycles. The number of nitrogens with one attached hydrogen (secondary N) is 2. The van der Waals surface area contributed by atoms with E-state index in [1.807, 2.05) is 36.4 Å². The summed E-state index contributed by atoms with van der Waals surface area (Å²) in [6, 6.07) is 9.66. The number of H-pyrrole nitrogens is 2. The summed E-state index contributed by atoms with van der Waals surface area (Å²) in [6.07, 6.45) is 31.8. The number of rotatable bonds is 0. The summed E-state index contributed by atoms with van der Waals surface area (Å²) >= 11 is 0. The van der Waals surface area contributed by atoms with E-state index in [0.717, 1.165) is 22.4 Å². The van der Waals surface area contributed by atoms with E-state index in [4.69, 9.17) is 0 Å². The first kappa shape index (κ1) is 32.0. The van der Waals surface area contributed by atoms with Crippen molar-refractivity contribution in [3.05, 3.63) is 147 Å². The quantitative estimate of drug-likeness (QED) is 0.238. The number of nitrogens with zero attached hydrogens (tertiary/aromatic N) is 14. The third-order valence-electron chi connectivity index (χ3n) is 5.46. The van der Waals surface area contributed by atoms with Crippen LogP contribution >= 0.6 is 0 Å². The van der Waals surface area contributed by atoms with Crippen LogP contribution in [0.25, 0.3) is 34.6 Å². The normalized spacial score (nSPS) is 10.3. The van der Waals surface area contributed by atoms with Crippen molar-refractivity contribution < 1.29 is 0 Å². The van der Waals surface area contributed by atoms with Crippen LogP contribution in [0.4, 0.5) is 5.95 Å². The second-order valence-electron chi connectivity index (χ2n) is 8.92. The van der Waals surface area contributed by atoms with E-state index in [9.17, 15) is 0 Å². The third-order valence-corrected chi connectivity index (χ3v) is 5.46. The van der Waals surface area contributed by atoms with Gasteiger partial charge in [0.05, 0.1) is 23.3 Å². The van der Waals surface area contributed by atoms with E-state index in [0.29, 0.717) is 23.1 Å². The average molecular weight is 635 g/mol. The highest BCUT2D eigenvalue weighted by Gasteiger charge is 2.03. The molecule has 16 nitrogen and oxygen atoms in total. The fourth-order valence-corrected chi connectivity index (χ4v) is 3.52. The highest BCUT2D eigenvalue weighted by Crippen LogP contribution is 2.14. The molecule has 0 atom stereocenters. The van der Waals surface area contributed by atoms with Gasteiger partial charge in [-0.2, -0.15) is 4.98 Å². The Balaban J connectivity index is 0.000000151. The number of aromatic nitrogens is 15. The van der Waals surface area contributed by atoms with Gasteiger partial charge in [-0.25, -0.2) is 15.0 Å². The summed E-state index contributed by atoms with van der Waals surface area (Å²) in [5.74, 6) is 0.689. The lowest BCUT2D eigenvalue weighted by atomic mass is 10.3. The molecule has 0 fully saturated rings. The molecule has 0 aromatic carbocycles. The minimum Gasteiger partial charge on any atom is -0.355 e. The van der Waals surface area contributed by atoms with Crippen molar-refractivity contribution in [3.63, 3.8) is 0 Å². The van der Waals surface area contributed by atoms with E-state index >= 15 is 0 Å². The molecule has 0 radical (unpaired) electrons. The molecular weight excluding hydrogens is 608 g/mol. The van der Waals surface area contributed by atoms with Crippen LogP contribution in [0.2, 0.25) is 0 Å².